The number of thiophene rings is 1. The van der Waals surface area contributed by atoms with Crippen molar-refractivity contribution in [2.45, 2.75) is 42.6 Å². The fraction of sp³-hybridized carbons (Fsp3) is 0.667. The van der Waals surface area contributed by atoms with Crippen LogP contribution in [0.3, 0.4) is 0 Å². The lowest BCUT2D eigenvalue weighted by atomic mass is 10.0. The molecule has 1 aliphatic carbocycles. The monoisotopic (exact) mass is 241 g/mol. The molecule has 0 aromatic carbocycles. The SMILES string of the molecule is NCC(SC1CCCCC1)c1ccsc1. The number of thioether (sulfide) groups is 1. The summed E-state index contributed by atoms with van der Waals surface area (Å²) in [5.41, 5.74) is 7.29. The summed E-state index contributed by atoms with van der Waals surface area (Å²) in [5.74, 6) is 0. The average molecular weight is 241 g/mol. The van der Waals surface area contributed by atoms with Gasteiger partial charge in [0.1, 0.15) is 0 Å². The molecule has 2 rings (SSSR count). The Morgan fingerprint density at radius 2 is 2.20 bits per heavy atom. The molecule has 15 heavy (non-hydrogen) atoms. The van der Waals surface area contributed by atoms with Crippen LogP contribution in [0.5, 0.6) is 0 Å². The van der Waals surface area contributed by atoms with E-state index in [0.717, 1.165) is 11.8 Å². The first-order valence-electron chi connectivity index (χ1n) is 5.78. The van der Waals surface area contributed by atoms with Gasteiger partial charge in [-0.25, -0.2) is 0 Å². The quantitative estimate of drug-likeness (QED) is 0.867. The van der Waals surface area contributed by atoms with Crippen LogP contribution >= 0.6 is 23.1 Å². The summed E-state index contributed by atoms with van der Waals surface area (Å²) in [6.45, 7) is 0.776. The van der Waals surface area contributed by atoms with Crippen molar-refractivity contribution in [1.82, 2.24) is 0 Å². The molecule has 0 spiro atoms. The fourth-order valence-electron chi connectivity index (χ4n) is 2.16. The van der Waals surface area contributed by atoms with E-state index in [1.165, 1.54) is 37.7 Å². The van der Waals surface area contributed by atoms with Gasteiger partial charge in [-0.15, -0.1) is 11.8 Å². The van der Waals surface area contributed by atoms with Crippen molar-refractivity contribution in [3.05, 3.63) is 22.4 Å². The highest BCUT2D eigenvalue weighted by atomic mass is 32.2. The zero-order valence-corrected chi connectivity index (χ0v) is 10.7. The van der Waals surface area contributed by atoms with E-state index in [0.29, 0.717) is 5.25 Å². The second-order valence-corrected chi connectivity index (χ2v) is 6.47. The molecule has 1 aliphatic rings. The maximum atomic E-state index is 5.86. The molecule has 0 radical (unpaired) electrons. The molecule has 3 heteroatoms. The Hall–Kier alpha value is 0.01000. The van der Waals surface area contributed by atoms with E-state index in [-0.39, 0.29) is 0 Å². The highest BCUT2D eigenvalue weighted by molar-refractivity contribution is 8.00. The van der Waals surface area contributed by atoms with Gasteiger partial charge in [-0.2, -0.15) is 11.3 Å². The Kier molecular flexibility index (Phi) is 4.54. The minimum Gasteiger partial charge on any atom is -0.329 e. The van der Waals surface area contributed by atoms with Gasteiger partial charge in [0.15, 0.2) is 0 Å². The molecule has 1 aromatic heterocycles. The van der Waals surface area contributed by atoms with E-state index < -0.39 is 0 Å². The van der Waals surface area contributed by atoms with Gasteiger partial charge in [0, 0.05) is 17.0 Å². The van der Waals surface area contributed by atoms with Gasteiger partial charge in [0.05, 0.1) is 0 Å². The Bertz CT molecular complexity index is 265. The third-order valence-corrected chi connectivity index (χ3v) is 5.39. The Morgan fingerprint density at radius 3 is 2.80 bits per heavy atom. The predicted molar refractivity (Wildman–Crippen MR) is 70.6 cm³/mol. The van der Waals surface area contributed by atoms with Gasteiger partial charge in [-0.3, -0.25) is 0 Å². The Balaban J connectivity index is 1.90. The van der Waals surface area contributed by atoms with Crippen molar-refractivity contribution in [3.63, 3.8) is 0 Å². The Morgan fingerprint density at radius 1 is 1.40 bits per heavy atom. The molecule has 0 amide bonds. The van der Waals surface area contributed by atoms with Crippen LogP contribution in [-0.2, 0) is 0 Å². The zero-order chi connectivity index (χ0) is 10.5. The van der Waals surface area contributed by atoms with E-state index in [1.54, 1.807) is 11.3 Å². The standard InChI is InChI=1S/C12H19NS2/c13-8-12(10-6-7-14-9-10)15-11-4-2-1-3-5-11/h6-7,9,11-12H,1-5,8,13H2. The summed E-state index contributed by atoms with van der Waals surface area (Å²) in [6, 6.07) is 2.22. The molecule has 1 aromatic rings. The van der Waals surface area contributed by atoms with Crippen molar-refractivity contribution in [3.8, 4) is 0 Å². The average Bonchev–Trinajstić information content (AvgIpc) is 2.81. The Labute approximate surface area is 100 Å². The van der Waals surface area contributed by atoms with Crippen molar-refractivity contribution in [2.75, 3.05) is 6.54 Å². The van der Waals surface area contributed by atoms with Crippen LogP contribution in [0.4, 0.5) is 0 Å². The maximum Gasteiger partial charge on any atom is 0.0430 e. The minimum atomic E-state index is 0.527. The molecule has 1 saturated carbocycles. The molecular weight excluding hydrogens is 222 g/mol. The molecule has 1 nitrogen and oxygen atoms in total. The highest BCUT2D eigenvalue weighted by Crippen LogP contribution is 2.38. The molecule has 0 aliphatic heterocycles. The van der Waals surface area contributed by atoms with Crippen molar-refractivity contribution in [1.29, 1.82) is 0 Å². The first kappa shape index (κ1) is 11.5. The van der Waals surface area contributed by atoms with Crippen LogP contribution in [0.25, 0.3) is 0 Å². The second-order valence-electron chi connectivity index (χ2n) is 4.18. The normalized spacial score (nSPS) is 20.3. The molecule has 1 fully saturated rings. The van der Waals surface area contributed by atoms with Crippen LogP contribution < -0.4 is 5.73 Å². The van der Waals surface area contributed by atoms with Gasteiger partial charge >= 0.3 is 0 Å². The van der Waals surface area contributed by atoms with Gasteiger partial charge in [-0.05, 0) is 35.2 Å². The first-order valence-corrected chi connectivity index (χ1v) is 7.66. The predicted octanol–water partition coefficient (Wildman–Crippen LogP) is 3.81. The molecule has 2 N–H and O–H groups in total. The maximum absolute atomic E-state index is 5.86. The van der Waals surface area contributed by atoms with Crippen LogP contribution in [0.2, 0.25) is 0 Å². The first-order chi connectivity index (χ1) is 7.40. The minimum absolute atomic E-state index is 0.527. The summed E-state index contributed by atoms with van der Waals surface area (Å²) < 4.78 is 0. The number of hydrogen-bond donors (Lipinski definition) is 1. The van der Waals surface area contributed by atoms with Crippen LogP contribution in [0.1, 0.15) is 42.9 Å². The van der Waals surface area contributed by atoms with Gasteiger partial charge in [-0.1, -0.05) is 19.3 Å². The summed E-state index contributed by atoms with van der Waals surface area (Å²) in [4.78, 5) is 0. The van der Waals surface area contributed by atoms with E-state index in [1.807, 2.05) is 0 Å². The summed E-state index contributed by atoms with van der Waals surface area (Å²) in [6.07, 6.45) is 7.05. The fourth-order valence-corrected chi connectivity index (χ4v) is 4.45. The van der Waals surface area contributed by atoms with Gasteiger partial charge < -0.3 is 5.73 Å². The number of hydrogen-bond acceptors (Lipinski definition) is 3. The second kappa shape index (κ2) is 5.92. The number of nitrogens with two attached hydrogens (primary N) is 1. The molecule has 1 unspecified atom stereocenters. The summed E-state index contributed by atoms with van der Waals surface area (Å²) in [5, 5.41) is 5.78. The highest BCUT2D eigenvalue weighted by Gasteiger charge is 2.19. The zero-order valence-electron chi connectivity index (χ0n) is 9.02. The van der Waals surface area contributed by atoms with Gasteiger partial charge in [0.2, 0.25) is 0 Å². The third kappa shape index (κ3) is 3.23. The lowest BCUT2D eigenvalue weighted by Crippen LogP contribution is -2.15. The topological polar surface area (TPSA) is 26.0 Å². The molecular formula is C12H19NS2. The largest absolute Gasteiger partial charge is 0.329 e. The van der Waals surface area contributed by atoms with Gasteiger partial charge in [0.25, 0.3) is 0 Å². The third-order valence-electron chi connectivity index (χ3n) is 3.04. The van der Waals surface area contributed by atoms with Crippen LogP contribution in [0.15, 0.2) is 16.8 Å². The van der Waals surface area contributed by atoms with Crippen LogP contribution in [-0.4, -0.2) is 11.8 Å². The van der Waals surface area contributed by atoms with Crippen LogP contribution in [0, 0.1) is 0 Å². The van der Waals surface area contributed by atoms with Crippen molar-refractivity contribution >= 4 is 23.1 Å². The molecule has 0 bridgehead atoms. The molecule has 84 valence electrons. The van der Waals surface area contributed by atoms with E-state index >= 15 is 0 Å². The molecule has 0 saturated heterocycles. The van der Waals surface area contributed by atoms with E-state index in [9.17, 15) is 0 Å². The van der Waals surface area contributed by atoms with E-state index in [2.05, 4.69) is 28.6 Å². The lowest BCUT2D eigenvalue weighted by molar-refractivity contribution is 0.515. The van der Waals surface area contributed by atoms with E-state index in [4.69, 9.17) is 5.73 Å². The molecule has 1 heterocycles. The molecule has 1 atom stereocenters. The summed E-state index contributed by atoms with van der Waals surface area (Å²) in [7, 11) is 0. The van der Waals surface area contributed by atoms with Crippen molar-refractivity contribution in [2.24, 2.45) is 5.73 Å². The van der Waals surface area contributed by atoms with Crippen molar-refractivity contribution < 1.29 is 0 Å². The summed E-state index contributed by atoms with van der Waals surface area (Å²) >= 11 is 3.88. The lowest BCUT2D eigenvalue weighted by Gasteiger charge is -2.25. The number of rotatable bonds is 4. The smallest absolute Gasteiger partial charge is 0.0430 e.